The fourth-order valence-electron chi connectivity index (χ4n) is 3.49. The molecule has 1 N–H and O–H groups in total. The van der Waals surface area contributed by atoms with E-state index >= 15 is 0 Å². The monoisotopic (exact) mass is 313 g/mol. The maximum atomic E-state index is 14.1. The van der Waals surface area contributed by atoms with Crippen LogP contribution in [-0.2, 0) is 11.2 Å². The van der Waals surface area contributed by atoms with Gasteiger partial charge >= 0.3 is 0 Å². The SMILES string of the molecule is CCOC1(C(Cc2ccc(Cl)cc2F)NC)CCCCC1. The van der Waals surface area contributed by atoms with Crippen molar-refractivity contribution in [1.82, 2.24) is 5.32 Å². The molecule has 1 fully saturated rings. The summed E-state index contributed by atoms with van der Waals surface area (Å²) in [5.74, 6) is -0.231. The average molecular weight is 314 g/mol. The number of hydrogen-bond donors (Lipinski definition) is 1. The molecule has 0 heterocycles. The Hall–Kier alpha value is -0.640. The third-order valence-electron chi connectivity index (χ3n) is 4.55. The molecule has 0 bridgehead atoms. The first-order valence-corrected chi connectivity index (χ1v) is 8.24. The molecule has 1 aromatic carbocycles. The molecule has 0 aliphatic heterocycles. The summed E-state index contributed by atoms with van der Waals surface area (Å²) in [6, 6.07) is 5.04. The Balaban J connectivity index is 2.20. The van der Waals surface area contributed by atoms with Crippen molar-refractivity contribution in [2.24, 2.45) is 0 Å². The molecule has 0 amide bonds. The first kappa shape index (κ1) is 16.7. The van der Waals surface area contributed by atoms with Crippen LogP contribution < -0.4 is 5.32 Å². The lowest BCUT2D eigenvalue weighted by Crippen LogP contribution is -2.54. The second kappa shape index (κ2) is 7.57. The molecule has 4 heteroatoms. The highest BCUT2D eigenvalue weighted by molar-refractivity contribution is 6.30. The van der Waals surface area contributed by atoms with Gasteiger partial charge in [0.2, 0.25) is 0 Å². The Morgan fingerprint density at radius 3 is 2.62 bits per heavy atom. The van der Waals surface area contributed by atoms with Crippen LogP contribution in [0.25, 0.3) is 0 Å². The standard InChI is InChI=1S/C17H25ClFNO/c1-3-21-17(9-5-4-6-10-17)16(20-2)11-13-7-8-14(18)12-15(13)19/h7-8,12,16,20H,3-6,9-11H2,1-2H3. The van der Waals surface area contributed by atoms with Gasteiger partial charge in [-0.15, -0.1) is 0 Å². The van der Waals surface area contributed by atoms with E-state index in [4.69, 9.17) is 16.3 Å². The lowest BCUT2D eigenvalue weighted by molar-refractivity contribution is -0.0884. The minimum Gasteiger partial charge on any atom is -0.374 e. The zero-order valence-corrected chi connectivity index (χ0v) is 13.7. The predicted molar refractivity (Wildman–Crippen MR) is 85.4 cm³/mol. The summed E-state index contributed by atoms with van der Waals surface area (Å²) in [7, 11) is 1.94. The average Bonchev–Trinajstić information content (AvgIpc) is 2.47. The Morgan fingerprint density at radius 2 is 2.05 bits per heavy atom. The maximum absolute atomic E-state index is 14.1. The summed E-state index contributed by atoms with van der Waals surface area (Å²) in [6.45, 7) is 2.73. The molecule has 1 aliphatic rings. The van der Waals surface area contributed by atoms with Crippen LogP contribution in [0.5, 0.6) is 0 Å². The van der Waals surface area contributed by atoms with Crippen molar-refractivity contribution < 1.29 is 9.13 Å². The molecule has 1 aliphatic carbocycles. The molecule has 0 spiro atoms. The van der Waals surface area contributed by atoms with Crippen LogP contribution in [0, 0.1) is 5.82 Å². The molecular weight excluding hydrogens is 289 g/mol. The van der Waals surface area contributed by atoms with Gasteiger partial charge < -0.3 is 10.1 Å². The summed E-state index contributed by atoms with van der Waals surface area (Å²) in [6.07, 6.45) is 6.34. The summed E-state index contributed by atoms with van der Waals surface area (Å²) in [4.78, 5) is 0. The number of likely N-dealkylation sites (N-methyl/N-ethyl adjacent to an activating group) is 1. The lowest BCUT2D eigenvalue weighted by Gasteiger charge is -2.43. The minimum atomic E-state index is -0.231. The van der Waals surface area contributed by atoms with E-state index in [0.29, 0.717) is 23.6 Å². The van der Waals surface area contributed by atoms with Gasteiger partial charge in [0.05, 0.1) is 5.60 Å². The van der Waals surface area contributed by atoms with Crippen LogP contribution in [0.4, 0.5) is 4.39 Å². The van der Waals surface area contributed by atoms with Crippen LogP contribution in [0.2, 0.25) is 5.02 Å². The fraction of sp³-hybridized carbons (Fsp3) is 0.647. The van der Waals surface area contributed by atoms with Crippen LogP contribution in [0.1, 0.15) is 44.6 Å². The Kier molecular flexibility index (Phi) is 6.03. The number of nitrogens with one attached hydrogen (secondary N) is 1. The van der Waals surface area contributed by atoms with Gasteiger partial charge in [0.15, 0.2) is 0 Å². The normalized spacial score (nSPS) is 19.4. The van der Waals surface area contributed by atoms with Crippen molar-refractivity contribution in [3.8, 4) is 0 Å². The molecule has 1 unspecified atom stereocenters. The van der Waals surface area contributed by atoms with E-state index in [1.807, 2.05) is 14.0 Å². The number of halogens is 2. The Morgan fingerprint density at radius 1 is 1.33 bits per heavy atom. The molecule has 21 heavy (non-hydrogen) atoms. The van der Waals surface area contributed by atoms with Crippen LogP contribution in [0.15, 0.2) is 18.2 Å². The molecule has 1 atom stereocenters. The largest absolute Gasteiger partial charge is 0.374 e. The minimum absolute atomic E-state index is 0.119. The molecule has 1 saturated carbocycles. The summed E-state index contributed by atoms with van der Waals surface area (Å²) < 4.78 is 20.2. The van der Waals surface area contributed by atoms with Gasteiger partial charge in [-0.3, -0.25) is 0 Å². The number of hydrogen-bond acceptors (Lipinski definition) is 2. The summed E-state index contributed by atoms with van der Waals surface area (Å²) in [5.41, 5.74) is 0.525. The molecular formula is C17H25ClFNO. The maximum Gasteiger partial charge on any atom is 0.127 e. The van der Waals surface area contributed by atoms with Crippen LogP contribution in [0.3, 0.4) is 0 Å². The second-order valence-corrected chi connectivity index (χ2v) is 6.28. The van der Waals surface area contributed by atoms with Crippen molar-refractivity contribution in [1.29, 1.82) is 0 Å². The van der Waals surface area contributed by atoms with Gasteiger partial charge in [-0.25, -0.2) is 4.39 Å². The van der Waals surface area contributed by atoms with Crippen LogP contribution in [-0.4, -0.2) is 25.3 Å². The molecule has 2 nitrogen and oxygen atoms in total. The van der Waals surface area contributed by atoms with E-state index in [1.54, 1.807) is 12.1 Å². The van der Waals surface area contributed by atoms with E-state index in [0.717, 1.165) is 12.8 Å². The van der Waals surface area contributed by atoms with E-state index in [1.165, 1.54) is 25.3 Å². The van der Waals surface area contributed by atoms with Crippen molar-refractivity contribution >= 4 is 11.6 Å². The summed E-state index contributed by atoms with van der Waals surface area (Å²) in [5, 5.41) is 3.80. The Labute approximate surface area is 132 Å². The number of benzene rings is 1. The molecule has 118 valence electrons. The molecule has 0 radical (unpaired) electrons. The van der Waals surface area contributed by atoms with Crippen molar-refractivity contribution in [3.05, 3.63) is 34.6 Å². The first-order valence-electron chi connectivity index (χ1n) is 7.86. The van der Waals surface area contributed by atoms with E-state index in [-0.39, 0.29) is 17.5 Å². The lowest BCUT2D eigenvalue weighted by atomic mass is 9.77. The number of rotatable bonds is 6. The van der Waals surface area contributed by atoms with Gasteiger partial charge in [0.1, 0.15) is 5.82 Å². The van der Waals surface area contributed by atoms with E-state index in [2.05, 4.69) is 5.32 Å². The zero-order chi connectivity index (χ0) is 15.3. The van der Waals surface area contributed by atoms with Crippen LogP contribution >= 0.6 is 11.6 Å². The first-order chi connectivity index (χ1) is 10.1. The highest BCUT2D eigenvalue weighted by Crippen LogP contribution is 2.36. The molecule has 0 saturated heterocycles. The zero-order valence-electron chi connectivity index (χ0n) is 12.9. The summed E-state index contributed by atoms with van der Waals surface area (Å²) >= 11 is 5.83. The van der Waals surface area contributed by atoms with Crippen molar-refractivity contribution in [2.75, 3.05) is 13.7 Å². The molecule has 0 aromatic heterocycles. The van der Waals surface area contributed by atoms with Gasteiger partial charge in [0, 0.05) is 17.7 Å². The fourth-order valence-corrected chi connectivity index (χ4v) is 3.65. The van der Waals surface area contributed by atoms with E-state index < -0.39 is 0 Å². The third kappa shape index (κ3) is 3.97. The predicted octanol–water partition coefficient (Wildman–Crippen LogP) is 4.35. The topological polar surface area (TPSA) is 21.3 Å². The van der Waals surface area contributed by atoms with Gasteiger partial charge in [-0.1, -0.05) is 36.9 Å². The Bertz CT molecular complexity index is 455. The quantitative estimate of drug-likeness (QED) is 0.843. The molecule has 1 aromatic rings. The van der Waals surface area contributed by atoms with E-state index in [9.17, 15) is 4.39 Å². The number of ether oxygens (including phenoxy) is 1. The highest BCUT2D eigenvalue weighted by Gasteiger charge is 2.40. The second-order valence-electron chi connectivity index (χ2n) is 5.84. The van der Waals surface area contributed by atoms with Crippen molar-refractivity contribution in [2.45, 2.75) is 57.1 Å². The molecule has 2 rings (SSSR count). The highest BCUT2D eigenvalue weighted by atomic mass is 35.5. The van der Waals surface area contributed by atoms with Gasteiger partial charge in [-0.2, -0.15) is 0 Å². The third-order valence-corrected chi connectivity index (χ3v) is 4.79. The van der Waals surface area contributed by atoms with Gasteiger partial charge in [-0.05, 0) is 50.9 Å². The van der Waals surface area contributed by atoms with Gasteiger partial charge in [0.25, 0.3) is 0 Å². The van der Waals surface area contributed by atoms with Crippen molar-refractivity contribution in [3.63, 3.8) is 0 Å². The smallest absolute Gasteiger partial charge is 0.127 e.